The summed E-state index contributed by atoms with van der Waals surface area (Å²) in [7, 11) is -3.52. The van der Waals surface area contributed by atoms with Crippen molar-refractivity contribution < 1.29 is 17.5 Å². The second-order valence-corrected chi connectivity index (χ2v) is 8.47. The van der Waals surface area contributed by atoms with Crippen LogP contribution in [0.25, 0.3) is 22.2 Å². The van der Waals surface area contributed by atoms with Crippen LogP contribution in [-0.2, 0) is 9.84 Å². The van der Waals surface area contributed by atoms with Gasteiger partial charge in [-0.15, -0.1) is 0 Å². The summed E-state index contributed by atoms with van der Waals surface area (Å²) in [6, 6.07) is 6.98. The summed E-state index contributed by atoms with van der Waals surface area (Å²) in [5, 5.41) is 12.0. The van der Waals surface area contributed by atoms with Crippen molar-refractivity contribution in [1.82, 2.24) is 4.98 Å². The molecule has 0 spiro atoms. The summed E-state index contributed by atoms with van der Waals surface area (Å²) in [6.07, 6.45) is 1.59. The van der Waals surface area contributed by atoms with Crippen LogP contribution in [0.3, 0.4) is 0 Å². The highest BCUT2D eigenvalue weighted by Gasteiger charge is 2.22. The Bertz CT molecular complexity index is 1040. The van der Waals surface area contributed by atoms with E-state index in [9.17, 15) is 18.0 Å². The number of sulfone groups is 1. The first kappa shape index (κ1) is 16.4. The second kappa shape index (κ2) is 5.59. The lowest BCUT2D eigenvalue weighted by Crippen LogP contribution is -2.31. The average molecular weight is 348 g/mol. The zero-order valence-electron chi connectivity index (χ0n) is 13.5. The van der Waals surface area contributed by atoms with E-state index in [0.29, 0.717) is 22.3 Å². The zero-order chi connectivity index (χ0) is 17.6. The zero-order valence-corrected chi connectivity index (χ0v) is 14.3. The van der Waals surface area contributed by atoms with Gasteiger partial charge in [-0.05, 0) is 51.1 Å². The van der Waals surface area contributed by atoms with Crippen LogP contribution >= 0.6 is 0 Å². The molecule has 5 nitrogen and oxygen atoms in total. The maximum Gasteiger partial charge on any atom is 0.290 e. The Hall–Kier alpha value is -2.41. The molecular formula is C17H17FN2O3S. The van der Waals surface area contributed by atoms with Gasteiger partial charge >= 0.3 is 0 Å². The number of aryl methyl sites for hydroxylation is 1. The number of halogens is 1. The molecule has 0 aliphatic carbocycles. The van der Waals surface area contributed by atoms with Gasteiger partial charge in [0.2, 0.25) is 0 Å². The number of hydrogen-bond acceptors (Lipinski definition) is 3. The van der Waals surface area contributed by atoms with E-state index in [0.717, 1.165) is 10.8 Å². The van der Waals surface area contributed by atoms with Crippen LogP contribution in [0.2, 0.25) is 0 Å². The smallest absolute Gasteiger partial charge is 0.290 e. The van der Waals surface area contributed by atoms with Gasteiger partial charge < -0.3 is 5.21 Å². The van der Waals surface area contributed by atoms with Crippen molar-refractivity contribution in [3.05, 3.63) is 53.2 Å². The number of rotatable bonds is 3. The van der Waals surface area contributed by atoms with Gasteiger partial charge in [0, 0.05) is 11.1 Å². The Balaban J connectivity index is 2.32. The van der Waals surface area contributed by atoms with Crippen molar-refractivity contribution in [3.8, 4) is 11.1 Å². The molecule has 0 unspecified atom stereocenters. The minimum atomic E-state index is -3.52. The minimum Gasteiger partial charge on any atom is -0.710 e. The first-order chi connectivity index (χ1) is 11.2. The van der Waals surface area contributed by atoms with Gasteiger partial charge in [0.25, 0.3) is 5.65 Å². The summed E-state index contributed by atoms with van der Waals surface area (Å²) in [4.78, 5) is 2.90. The van der Waals surface area contributed by atoms with Gasteiger partial charge in [-0.2, -0.15) is 0 Å². The molecule has 1 aromatic carbocycles. The van der Waals surface area contributed by atoms with Gasteiger partial charge in [-0.25, -0.2) is 22.5 Å². The molecule has 0 saturated heterocycles. The number of pyridine rings is 1. The van der Waals surface area contributed by atoms with Gasteiger partial charge in [0.05, 0.1) is 21.7 Å². The summed E-state index contributed by atoms with van der Waals surface area (Å²) in [5.41, 5.74) is 1.33. The fourth-order valence-electron chi connectivity index (χ4n) is 2.65. The van der Waals surface area contributed by atoms with E-state index in [2.05, 4.69) is 4.98 Å². The van der Waals surface area contributed by atoms with Crippen LogP contribution in [0.5, 0.6) is 0 Å². The maximum atomic E-state index is 14.4. The van der Waals surface area contributed by atoms with Crippen molar-refractivity contribution in [2.75, 3.05) is 0 Å². The molecular weight excluding hydrogens is 331 g/mol. The third kappa shape index (κ3) is 2.45. The van der Waals surface area contributed by atoms with E-state index in [1.165, 1.54) is 12.1 Å². The SMILES string of the molecule is Cc1cc(-c2cc(S(=O)(=O)C(C)C)ccc2F)c2cc[nH]c2[n+]1[O-]. The number of nitrogens with one attached hydrogen (secondary N) is 1. The molecule has 2 aromatic heterocycles. The maximum absolute atomic E-state index is 14.4. The van der Waals surface area contributed by atoms with Gasteiger partial charge in [-0.1, -0.05) is 0 Å². The first-order valence-corrected chi connectivity index (χ1v) is 9.02. The van der Waals surface area contributed by atoms with E-state index in [4.69, 9.17) is 0 Å². The van der Waals surface area contributed by atoms with E-state index in [1.54, 1.807) is 39.1 Å². The largest absolute Gasteiger partial charge is 0.710 e. The lowest BCUT2D eigenvalue weighted by molar-refractivity contribution is -0.586. The molecule has 7 heteroatoms. The molecule has 0 aliphatic heterocycles. The second-order valence-electron chi connectivity index (χ2n) is 5.97. The summed E-state index contributed by atoms with van der Waals surface area (Å²) in [6.45, 7) is 4.77. The van der Waals surface area contributed by atoms with Gasteiger partial charge in [0.15, 0.2) is 9.84 Å². The van der Waals surface area contributed by atoms with Crippen molar-refractivity contribution in [2.45, 2.75) is 30.9 Å². The Kier molecular flexibility index (Phi) is 3.83. The molecule has 3 rings (SSSR count). The normalized spacial score (nSPS) is 12.2. The van der Waals surface area contributed by atoms with Crippen LogP contribution in [0, 0.1) is 17.9 Å². The number of benzene rings is 1. The Morgan fingerprint density at radius 1 is 1.17 bits per heavy atom. The highest BCUT2D eigenvalue weighted by atomic mass is 32.2. The molecule has 0 saturated carbocycles. The number of aromatic amines is 1. The Morgan fingerprint density at radius 3 is 2.54 bits per heavy atom. The first-order valence-electron chi connectivity index (χ1n) is 7.47. The van der Waals surface area contributed by atoms with Crippen molar-refractivity contribution in [3.63, 3.8) is 0 Å². The molecule has 1 N–H and O–H groups in total. The van der Waals surface area contributed by atoms with Crippen molar-refractivity contribution in [2.24, 2.45) is 0 Å². The third-order valence-corrected chi connectivity index (χ3v) is 6.22. The summed E-state index contributed by atoms with van der Waals surface area (Å²) in [5.74, 6) is -0.539. The molecule has 0 amide bonds. The Labute approximate surface area is 139 Å². The van der Waals surface area contributed by atoms with Crippen LogP contribution in [0.1, 0.15) is 19.5 Å². The fraction of sp³-hybridized carbons (Fsp3) is 0.235. The standard InChI is InChI=1S/C17H17FN2O3S/c1-10(2)24(22,23)12-4-5-16(18)15(9-12)14-8-11(3)20(21)17-13(14)6-7-19-17/h4-10,19H,1-3H3. The molecule has 24 heavy (non-hydrogen) atoms. The molecule has 0 fully saturated rings. The molecule has 3 aromatic rings. The molecule has 0 aliphatic rings. The number of hydrogen-bond donors (Lipinski definition) is 1. The number of nitrogens with zero attached hydrogens (tertiary/aromatic N) is 1. The van der Waals surface area contributed by atoms with Crippen LogP contribution in [0.4, 0.5) is 4.39 Å². The predicted molar refractivity (Wildman–Crippen MR) is 89.7 cm³/mol. The van der Waals surface area contributed by atoms with E-state index in [-0.39, 0.29) is 10.5 Å². The van der Waals surface area contributed by atoms with Crippen LogP contribution in [-0.4, -0.2) is 18.7 Å². The Morgan fingerprint density at radius 2 is 1.88 bits per heavy atom. The summed E-state index contributed by atoms with van der Waals surface area (Å²) >= 11 is 0. The lowest BCUT2D eigenvalue weighted by Gasteiger charge is -2.13. The molecule has 0 radical (unpaired) electrons. The minimum absolute atomic E-state index is 0.0640. The molecule has 2 heterocycles. The highest BCUT2D eigenvalue weighted by molar-refractivity contribution is 7.92. The molecule has 0 bridgehead atoms. The van der Waals surface area contributed by atoms with Crippen LogP contribution < -0.4 is 4.73 Å². The van der Waals surface area contributed by atoms with E-state index < -0.39 is 20.9 Å². The number of H-pyrrole nitrogens is 1. The van der Waals surface area contributed by atoms with Crippen LogP contribution in [0.15, 0.2) is 41.4 Å². The third-order valence-electron chi connectivity index (χ3n) is 4.07. The van der Waals surface area contributed by atoms with E-state index in [1.807, 2.05) is 0 Å². The fourth-order valence-corrected chi connectivity index (χ4v) is 3.73. The van der Waals surface area contributed by atoms with Crippen molar-refractivity contribution >= 4 is 20.9 Å². The monoisotopic (exact) mass is 348 g/mol. The van der Waals surface area contributed by atoms with Gasteiger partial charge in [-0.3, -0.25) is 0 Å². The average Bonchev–Trinajstić information content (AvgIpc) is 3.01. The quantitative estimate of drug-likeness (QED) is 0.449. The topological polar surface area (TPSA) is 76.9 Å². The molecule has 0 atom stereocenters. The number of fused-ring (bicyclic) bond motifs is 1. The van der Waals surface area contributed by atoms with Gasteiger partial charge in [0.1, 0.15) is 11.5 Å². The summed E-state index contributed by atoms with van der Waals surface area (Å²) < 4.78 is 39.9. The lowest BCUT2D eigenvalue weighted by atomic mass is 10.0. The van der Waals surface area contributed by atoms with Crippen molar-refractivity contribution in [1.29, 1.82) is 0 Å². The number of aromatic nitrogens is 2. The van der Waals surface area contributed by atoms with E-state index >= 15 is 0 Å². The molecule has 126 valence electrons. The highest BCUT2D eigenvalue weighted by Crippen LogP contribution is 2.32. The predicted octanol–water partition coefficient (Wildman–Crippen LogP) is 3.10.